The summed E-state index contributed by atoms with van der Waals surface area (Å²) in [7, 11) is 0. The summed E-state index contributed by atoms with van der Waals surface area (Å²) in [5.74, 6) is 2.13. The highest BCUT2D eigenvalue weighted by Crippen LogP contribution is 2.28. The molecule has 3 heterocycles. The van der Waals surface area contributed by atoms with Crippen molar-refractivity contribution in [3.8, 4) is 0 Å². The quantitative estimate of drug-likeness (QED) is 0.252. The molecular weight excluding hydrogens is 562 g/mol. The van der Waals surface area contributed by atoms with Crippen LogP contribution in [0.5, 0.6) is 0 Å². The molecule has 1 fully saturated rings. The van der Waals surface area contributed by atoms with E-state index in [-0.39, 0.29) is 17.6 Å². The van der Waals surface area contributed by atoms with Gasteiger partial charge in [-0.15, -0.1) is 0 Å². The number of para-hydroxylation sites is 1. The number of Topliss-reactive ketones (excluding diaryl/α,β-unsaturated/α-hetero) is 1. The van der Waals surface area contributed by atoms with E-state index >= 15 is 0 Å². The third-order valence-corrected chi connectivity index (χ3v) is 8.17. The summed E-state index contributed by atoms with van der Waals surface area (Å²) in [5.41, 5.74) is 1.46. The smallest absolute Gasteiger partial charge is 0.267 e. The van der Waals surface area contributed by atoms with E-state index in [1.807, 2.05) is 43.9 Å². The number of halogens is 1. The second kappa shape index (κ2) is 14.4. The van der Waals surface area contributed by atoms with Crippen LogP contribution in [0.1, 0.15) is 66.5 Å². The van der Waals surface area contributed by atoms with Gasteiger partial charge in [-0.2, -0.15) is 0 Å². The first-order valence-corrected chi connectivity index (χ1v) is 15.1. The van der Waals surface area contributed by atoms with Gasteiger partial charge >= 0.3 is 0 Å². The number of carbonyl (C=O) groups is 3. The Bertz CT molecular complexity index is 1370. The van der Waals surface area contributed by atoms with Gasteiger partial charge in [0.25, 0.3) is 5.91 Å². The average Bonchev–Trinajstić information content (AvgIpc) is 3.43. The van der Waals surface area contributed by atoms with Crippen molar-refractivity contribution >= 4 is 63.0 Å². The van der Waals surface area contributed by atoms with E-state index < -0.39 is 0 Å². The number of aromatic nitrogens is 3. The van der Waals surface area contributed by atoms with E-state index in [9.17, 15) is 14.4 Å². The van der Waals surface area contributed by atoms with Crippen LogP contribution in [0.2, 0.25) is 5.02 Å². The Morgan fingerprint density at radius 2 is 1.78 bits per heavy atom. The van der Waals surface area contributed by atoms with Crippen LogP contribution < -0.4 is 15.5 Å². The number of aryl methyl sites for hydroxylation is 2. The molecule has 0 radical (unpaired) electrons. The minimum Gasteiger partial charge on any atom is -0.353 e. The van der Waals surface area contributed by atoms with Gasteiger partial charge in [-0.05, 0) is 38.3 Å². The van der Waals surface area contributed by atoms with E-state index in [0.717, 1.165) is 30.6 Å². The molecule has 12 heteroatoms. The van der Waals surface area contributed by atoms with Crippen molar-refractivity contribution < 1.29 is 14.4 Å². The molecule has 0 unspecified atom stereocenters. The van der Waals surface area contributed by atoms with Crippen LogP contribution in [-0.4, -0.2) is 63.6 Å². The number of piperazine rings is 1. The number of anilines is 4. The molecule has 3 aromatic rings. The van der Waals surface area contributed by atoms with Crippen molar-refractivity contribution in [1.29, 1.82) is 0 Å². The lowest BCUT2D eigenvalue weighted by Crippen LogP contribution is -2.49. The summed E-state index contributed by atoms with van der Waals surface area (Å²) in [6, 6.07) is 7.31. The number of hydrogen-bond acceptors (Lipinski definition) is 9. The zero-order valence-electron chi connectivity index (χ0n) is 23.7. The fraction of sp³-hybridized carbons (Fsp3) is 0.448. The molecule has 2 amide bonds. The molecule has 10 nitrogen and oxygen atoms in total. The number of benzene rings is 1. The maximum atomic E-state index is 12.8. The normalized spacial score (nSPS) is 13.3. The fourth-order valence-corrected chi connectivity index (χ4v) is 5.57. The predicted octanol–water partition coefficient (Wildman–Crippen LogP) is 5.78. The minimum absolute atomic E-state index is 0.168. The molecule has 0 aliphatic carbocycles. The summed E-state index contributed by atoms with van der Waals surface area (Å²) in [6.45, 7) is 8.22. The highest BCUT2D eigenvalue weighted by atomic mass is 35.5. The van der Waals surface area contributed by atoms with E-state index in [1.54, 1.807) is 6.07 Å². The van der Waals surface area contributed by atoms with Gasteiger partial charge < -0.3 is 20.4 Å². The zero-order chi connectivity index (χ0) is 29.4. The lowest BCUT2D eigenvalue weighted by Gasteiger charge is -2.35. The van der Waals surface area contributed by atoms with E-state index in [1.165, 1.54) is 17.5 Å². The molecule has 4 rings (SSSR count). The highest BCUT2D eigenvalue weighted by molar-refractivity contribution is 7.17. The van der Waals surface area contributed by atoms with Gasteiger partial charge in [0.05, 0.1) is 16.9 Å². The van der Waals surface area contributed by atoms with E-state index in [2.05, 4.69) is 30.5 Å². The number of nitrogens with zero attached hydrogens (tertiary/aromatic N) is 5. The van der Waals surface area contributed by atoms with E-state index in [4.69, 9.17) is 11.6 Å². The predicted molar refractivity (Wildman–Crippen MR) is 163 cm³/mol. The van der Waals surface area contributed by atoms with Crippen LogP contribution in [0.3, 0.4) is 0 Å². The van der Waals surface area contributed by atoms with Gasteiger partial charge in [0, 0.05) is 51.5 Å². The largest absolute Gasteiger partial charge is 0.353 e. The first-order valence-electron chi connectivity index (χ1n) is 13.9. The van der Waals surface area contributed by atoms with Crippen molar-refractivity contribution in [2.24, 2.45) is 0 Å². The molecule has 41 heavy (non-hydrogen) atoms. The first-order chi connectivity index (χ1) is 19.7. The van der Waals surface area contributed by atoms with E-state index in [0.29, 0.717) is 77.8 Å². The van der Waals surface area contributed by atoms with Crippen LogP contribution in [0.25, 0.3) is 0 Å². The molecule has 218 valence electrons. The molecule has 0 saturated carbocycles. The van der Waals surface area contributed by atoms with Gasteiger partial charge in [0.1, 0.15) is 28.1 Å². The Morgan fingerprint density at radius 3 is 2.51 bits per heavy atom. The average molecular weight is 598 g/mol. The Balaban J connectivity index is 1.29. The zero-order valence-corrected chi connectivity index (χ0v) is 25.3. The summed E-state index contributed by atoms with van der Waals surface area (Å²) in [4.78, 5) is 54.8. The number of amides is 2. The monoisotopic (exact) mass is 597 g/mol. The standard InChI is InChI=1S/C29H36ClN7O3S/c1-4-21(38)10-6-5-7-12-26(39)37-15-13-36(14-16-37)25-17-24(32-20(3)33-25)34-29-31-18-23(41-29)28(40)35-27-19(2)9-8-11-22(27)30/h8-9,11,17-18H,4-7,10,12-16H2,1-3H3,(H,35,40)(H,31,32,33,34). The summed E-state index contributed by atoms with van der Waals surface area (Å²) >= 11 is 7.47. The Hall–Kier alpha value is -3.57. The van der Waals surface area contributed by atoms with Gasteiger partial charge in [0.2, 0.25) is 5.91 Å². The maximum Gasteiger partial charge on any atom is 0.267 e. The molecule has 1 aliphatic heterocycles. The van der Waals surface area contributed by atoms with Crippen molar-refractivity contribution in [3.05, 3.63) is 51.7 Å². The number of ketones is 1. The van der Waals surface area contributed by atoms with Gasteiger partial charge in [-0.25, -0.2) is 15.0 Å². The molecule has 2 aromatic heterocycles. The Kier molecular flexibility index (Phi) is 10.6. The summed E-state index contributed by atoms with van der Waals surface area (Å²) in [5, 5.41) is 7.07. The van der Waals surface area contributed by atoms with Crippen molar-refractivity contribution in [2.45, 2.75) is 59.3 Å². The van der Waals surface area contributed by atoms with Crippen LogP contribution in [-0.2, 0) is 9.59 Å². The molecule has 0 atom stereocenters. The number of nitrogens with one attached hydrogen (secondary N) is 2. The molecule has 1 saturated heterocycles. The fourth-order valence-electron chi connectivity index (χ4n) is 4.58. The van der Waals surface area contributed by atoms with Gasteiger partial charge in [-0.1, -0.05) is 48.4 Å². The number of carbonyl (C=O) groups excluding carboxylic acids is 3. The maximum absolute atomic E-state index is 12.8. The molecule has 0 spiro atoms. The number of hydrogen-bond donors (Lipinski definition) is 2. The second-order valence-corrected chi connectivity index (χ2v) is 11.5. The molecule has 0 bridgehead atoms. The molecule has 2 N–H and O–H groups in total. The van der Waals surface area contributed by atoms with Crippen molar-refractivity contribution in [2.75, 3.05) is 41.7 Å². The van der Waals surface area contributed by atoms with Gasteiger partial charge in [0.15, 0.2) is 5.13 Å². The minimum atomic E-state index is -0.287. The SMILES string of the molecule is CCC(=O)CCCCCC(=O)N1CCN(c2cc(Nc3ncc(C(=O)Nc4c(C)cccc4Cl)s3)nc(C)n2)CC1. The van der Waals surface area contributed by atoms with Crippen LogP contribution in [0.4, 0.5) is 22.5 Å². The van der Waals surface area contributed by atoms with Crippen LogP contribution >= 0.6 is 22.9 Å². The lowest BCUT2D eigenvalue weighted by atomic mass is 10.1. The van der Waals surface area contributed by atoms with Crippen LogP contribution in [0, 0.1) is 13.8 Å². The topological polar surface area (TPSA) is 120 Å². The number of unbranched alkanes of at least 4 members (excludes halogenated alkanes) is 2. The Morgan fingerprint density at radius 1 is 1.02 bits per heavy atom. The third kappa shape index (κ3) is 8.46. The van der Waals surface area contributed by atoms with Crippen LogP contribution in [0.15, 0.2) is 30.5 Å². The molecular formula is C29H36ClN7O3S. The highest BCUT2D eigenvalue weighted by Gasteiger charge is 2.22. The number of rotatable bonds is 12. The third-order valence-electron chi connectivity index (χ3n) is 6.95. The molecule has 1 aromatic carbocycles. The first kappa shape index (κ1) is 30.4. The van der Waals surface area contributed by atoms with Crippen molar-refractivity contribution in [3.63, 3.8) is 0 Å². The van der Waals surface area contributed by atoms with Crippen molar-refractivity contribution in [1.82, 2.24) is 19.9 Å². The number of thiazole rings is 1. The Labute approximate surface area is 249 Å². The molecule has 1 aliphatic rings. The lowest BCUT2D eigenvalue weighted by molar-refractivity contribution is -0.131. The second-order valence-electron chi connectivity index (χ2n) is 10.0. The summed E-state index contributed by atoms with van der Waals surface area (Å²) in [6.07, 6.45) is 5.81. The summed E-state index contributed by atoms with van der Waals surface area (Å²) < 4.78 is 0. The van der Waals surface area contributed by atoms with Gasteiger partial charge in [-0.3, -0.25) is 14.4 Å².